The molecule has 37 heavy (non-hydrogen) atoms. The molecular weight excluding hydrogens is 504 g/mol. The fraction of sp³-hybridized carbons (Fsp3) is 0.375. The normalized spacial score (nSPS) is 13.8. The Morgan fingerprint density at radius 1 is 1.22 bits per heavy atom. The number of nitrogens with one attached hydrogen (secondary N) is 1. The predicted octanol–water partition coefficient (Wildman–Crippen LogP) is 1.83. The lowest BCUT2D eigenvalue weighted by molar-refractivity contribution is -0.673. The first-order valence-electron chi connectivity index (χ1n) is 11.3. The number of H-pyrrole nitrogens is 1. The number of aliphatic imine (C=N–C) groups is 1. The first kappa shape index (κ1) is 25.9. The van der Waals surface area contributed by atoms with Crippen molar-refractivity contribution in [2.24, 2.45) is 4.99 Å². The lowest BCUT2D eigenvalue weighted by Crippen LogP contribution is -2.44. The minimum atomic E-state index is -0.929. The van der Waals surface area contributed by atoms with E-state index in [0.29, 0.717) is 34.8 Å². The van der Waals surface area contributed by atoms with Crippen molar-refractivity contribution in [2.45, 2.75) is 39.3 Å². The second-order valence-corrected chi connectivity index (χ2v) is 10.2. The molecule has 12 nitrogen and oxygen atoms in total. The zero-order valence-electron chi connectivity index (χ0n) is 20.9. The number of fused-ring (bicyclic) bond motifs is 1. The monoisotopic (exact) mass is 530 g/mol. The van der Waals surface area contributed by atoms with Gasteiger partial charge in [-0.05, 0) is 54.8 Å². The highest BCUT2D eigenvalue weighted by molar-refractivity contribution is 7.16. The first-order chi connectivity index (χ1) is 17.5. The Bertz CT molecular complexity index is 1410. The Hall–Kier alpha value is -4.13. The topological polar surface area (TPSA) is 150 Å². The average molecular weight is 531 g/mol. The third-order valence-electron chi connectivity index (χ3n) is 5.46. The summed E-state index contributed by atoms with van der Waals surface area (Å²) < 4.78 is 21.5. The molecule has 0 bridgehead atoms. The molecule has 0 fully saturated rings. The number of nitrogens with zero attached hydrogens (tertiary/aromatic N) is 3. The highest BCUT2D eigenvalue weighted by atomic mass is 32.1. The molecule has 1 aliphatic heterocycles. The maximum Gasteiger partial charge on any atom is 0.436 e. The van der Waals surface area contributed by atoms with Gasteiger partial charge >= 0.3 is 23.4 Å². The van der Waals surface area contributed by atoms with Gasteiger partial charge in [0.15, 0.2) is 0 Å². The summed E-state index contributed by atoms with van der Waals surface area (Å²) in [4.78, 5) is 43.9. The van der Waals surface area contributed by atoms with Gasteiger partial charge in [-0.25, -0.2) is 19.4 Å². The zero-order chi connectivity index (χ0) is 26.9. The molecule has 1 N–H and O–H groups in total. The Labute approximate surface area is 215 Å². The van der Waals surface area contributed by atoms with Gasteiger partial charge < -0.3 is 24.2 Å². The second kappa shape index (κ2) is 10.1. The van der Waals surface area contributed by atoms with Gasteiger partial charge in [-0.15, -0.1) is 11.3 Å². The van der Waals surface area contributed by atoms with Gasteiger partial charge in [-0.1, -0.05) is 0 Å². The molecular formula is C24H26N4O8S. The molecule has 0 atom stereocenters. The number of hydrogen-bond acceptors (Lipinski definition) is 10. The van der Waals surface area contributed by atoms with E-state index in [2.05, 4.69) is 10.3 Å². The van der Waals surface area contributed by atoms with E-state index in [0.717, 1.165) is 16.0 Å². The molecule has 1 amide bonds. The molecule has 196 valence electrons. The number of aromatic amines is 1. The van der Waals surface area contributed by atoms with Gasteiger partial charge in [-0.3, -0.25) is 4.52 Å². The van der Waals surface area contributed by atoms with Crippen LogP contribution in [0, 0.1) is 0 Å². The fourth-order valence-electron chi connectivity index (χ4n) is 3.78. The molecule has 4 rings (SSSR count). The van der Waals surface area contributed by atoms with Crippen molar-refractivity contribution in [1.82, 2.24) is 10.2 Å². The highest BCUT2D eigenvalue weighted by Gasteiger charge is 2.33. The van der Waals surface area contributed by atoms with Crippen LogP contribution < -0.4 is 20.2 Å². The molecule has 0 radical (unpaired) electrons. The summed E-state index contributed by atoms with van der Waals surface area (Å²) in [6.45, 7) is 5.83. The lowest BCUT2D eigenvalue weighted by atomic mass is 10.0. The number of ether oxygens (including phenoxy) is 3. The van der Waals surface area contributed by atoms with Crippen LogP contribution in [0.15, 0.2) is 38.6 Å². The van der Waals surface area contributed by atoms with Crippen LogP contribution in [0.5, 0.6) is 5.75 Å². The number of carbonyl (C=O) groups excluding carboxylic acids is 2. The zero-order valence-corrected chi connectivity index (χ0v) is 21.8. The van der Waals surface area contributed by atoms with E-state index in [1.807, 2.05) is 0 Å². The highest BCUT2D eigenvalue weighted by Crippen LogP contribution is 2.39. The maximum absolute atomic E-state index is 13.2. The minimum absolute atomic E-state index is 0.0785. The third kappa shape index (κ3) is 5.35. The molecule has 1 aliphatic rings. The number of rotatable bonds is 5. The quantitative estimate of drug-likeness (QED) is 0.227. The van der Waals surface area contributed by atoms with E-state index >= 15 is 0 Å². The molecule has 0 saturated carbocycles. The molecule has 3 heterocycles. The van der Waals surface area contributed by atoms with E-state index in [9.17, 15) is 19.5 Å². The van der Waals surface area contributed by atoms with Crippen molar-refractivity contribution >= 4 is 34.3 Å². The number of methoxy groups -OCH3 is 2. The van der Waals surface area contributed by atoms with Gasteiger partial charge in [0.05, 0.1) is 32.2 Å². The van der Waals surface area contributed by atoms with Gasteiger partial charge in [0.25, 0.3) is 0 Å². The number of benzene rings is 1. The van der Waals surface area contributed by atoms with Crippen LogP contribution in [0.25, 0.3) is 5.69 Å². The van der Waals surface area contributed by atoms with Crippen LogP contribution >= 0.6 is 11.3 Å². The molecule has 0 saturated heterocycles. The van der Waals surface area contributed by atoms with E-state index in [1.165, 1.54) is 19.1 Å². The van der Waals surface area contributed by atoms with Gasteiger partial charge in [0, 0.05) is 23.6 Å². The summed E-state index contributed by atoms with van der Waals surface area (Å²) in [5.41, 5.74) is -0.766. The Balaban J connectivity index is 1.72. The van der Waals surface area contributed by atoms with Crippen molar-refractivity contribution in [1.29, 1.82) is 0 Å². The van der Waals surface area contributed by atoms with Gasteiger partial charge in [0.1, 0.15) is 16.4 Å². The SMILES string of the molecule is COC(=O)c1c(/N=C(\[O-])c2c(=O)o[nH][n+]2-c2ccc(OC)cc2)sc2c1CCN(C(=O)OC(C)(C)C)C2. The number of amides is 1. The van der Waals surface area contributed by atoms with E-state index < -0.39 is 29.2 Å². The standard InChI is InChI=1S/C24H26N4O8S/c1-24(2,3)35-23(32)27-11-10-15-16(12-27)37-20(17(15)21(30)34-5)25-19(29)18-22(31)36-26-28(18)13-6-8-14(33-4)9-7-13/h6-9H,10-12H2,1-5H3,(H-,25,26,29,30,31). The van der Waals surface area contributed by atoms with Crippen molar-refractivity contribution in [3.8, 4) is 11.4 Å². The Morgan fingerprint density at radius 2 is 1.92 bits per heavy atom. The smallest absolute Gasteiger partial charge is 0.436 e. The van der Waals surface area contributed by atoms with Gasteiger partial charge in [0.2, 0.25) is 5.69 Å². The Kier molecular flexibility index (Phi) is 7.07. The number of hydrogen-bond donors (Lipinski definition) is 1. The van der Waals surface area contributed by atoms with Crippen molar-refractivity contribution in [2.75, 3.05) is 20.8 Å². The average Bonchev–Trinajstić information content (AvgIpc) is 3.41. The van der Waals surface area contributed by atoms with E-state index in [4.69, 9.17) is 18.7 Å². The van der Waals surface area contributed by atoms with E-state index in [1.54, 1.807) is 45.0 Å². The molecule has 3 aromatic rings. The van der Waals surface area contributed by atoms with Crippen LogP contribution in [0.3, 0.4) is 0 Å². The molecule has 2 aromatic heterocycles. The second-order valence-electron chi connectivity index (χ2n) is 9.11. The summed E-state index contributed by atoms with van der Waals surface area (Å²) in [7, 11) is 2.74. The minimum Gasteiger partial charge on any atom is -0.854 e. The first-order valence-corrected chi connectivity index (χ1v) is 12.1. The fourth-order valence-corrected chi connectivity index (χ4v) is 4.99. The number of aromatic nitrogens is 2. The summed E-state index contributed by atoms with van der Waals surface area (Å²) in [6, 6.07) is 6.54. The molecule has 0 aliphatic carbocycles. The van der Waals surface area contributed by atoms with Crippen LogP contribution in [0.2, 0.25) is 0 Å². The summed E-state index contributed by atoms with van der Waals surface area (Å²) in [5, 5.41) is 15.7. The number of carbonyl (C=O) groups is 2. The Morgan fingerprint density at radius 3 is 2.54 bits per heavy atom. The van der Waals surface area contributed by atoms with Crippen molar-refractivity contribution < 1.29 is 38.1 Å². The molecule has 13 heteroatoms. The number of thiophene rings is 1. The molecule has 0 spiro atoms. The molecule has 1 aromatic carbocycles. The van der Waals surface area contributed by atoms with E-state index in [-0.39, 0.29) is 22.8 Å². The summed E-state index contributed by atoms with van der Waals surface area (Å²) in [6.07, 6.45) is -0.136. The van der Waals surface area contributed by atoms with Crippen LogP contribution in [0.4, 0.5) is 9.80 Å². The summed E-state index contributed by atoms with van der Waals surface area (Å²) in [5.74, 6) is -1.00. The van der Waals surface area contributed by atoms with Crippen LogP contribution in [0.1, 0.15) is 47.3 Å². The van der Waals surface area contributed by atoms with Crippen molar-refractivity contribution in [3.63, 3.8) is 0 Å². The number of esters is 1. The van der Waals surface area contributed by atoms with Crippen LogP contribution in [-0.2, 0) is 22.4 Å². The largest absolute Gasteiger partial charge is 0.854 e. The predicted molar refractivity (Wildman–Crippen MR) is 130 cm³/mol. The molecule has 0 unspecified atom stereocenters. The summed E-state index contributed by atoms with van der Waals surface area (Å²) >= 11 is 1.08. The third-order valence-corrected chi connectivity index (χ3v) is 6.57. The van der Waals surface area contributed by atoms with Crippen molar-refractivity contribution in [3.05, 3.63) is 56.4 Å². The lowest BCUT2D eigenvalue weighted by Gasteiger charge is -2.30. The van der Waals surface area contributed by atoms with Crippen LogP contribution in [-0.4, -0.2) is 54.5 Å². The van der Waals surface area contributed by atoms with Gasteiger partial charge in [-0.2, -0.15) is 0 Å². The maximum atomic E-state index is 13.2.